The number of fused-ring (bicyclic) bond motifs is 1. The number of hydrogen-bond donors (Lipinski definition) is 1. The first kappa shape index (κ1) is 21.0. The largest absolute Gasteiger partial charge is 0.442 e. The highest BCUT2D eigenvalue weighted by atomic mass is 16.5. The second-order valence-electron chi connectivity index (χ2n) is 7.74. The van der Waals surface area contributed by atoms with Crippen molar-refractivity contribution in [3.63, 3.8) is 0 Å². The molecule has 4 rings (SSSR count). The maximum atomic E-state index is 12.8. The van der Waals surface area contributed by atoms with Crippen molar-refractivity contribution in [3.05, 3.63) is 80.7 Å². The van der Waals surface area contributed by atoms with Crippen molar-refractivity contribution in [1.29, 1.82) is 0 Å². The minimum atomic E-state index is -0.380. The average Bonchev–Trinajstić information content (AvgIpc) is 3.17. The summed E-state index contributed by atoms with van der Waals surface area (Å²) >= 11 is 0. The van der Waals surface area contributed by atoms with Gasteiger partial charge in [-0.15, -0.1) is 0 Å². The van der Waals surface area contributed by atoms with Crippen LogP contribution in [0.15, 0.2) is 39.5 Å². The number of aromatic amines is 1. The van der Waals surface area contributed by atoms with Crippen LogP contribution in [0.25, 0.3) is 0 Å². The number of aryl methyl sites for hydroxylation is 2. The molecule has 1 aliphatic rings. The van der Waals surface area contributed by atoms with Gasteiger partial charge in [0.05, 0.1) is 6.54 Å². The van der Waals surface area contributed by atoms with Crippen molar-refractivity contribution < 1.29 is 13.9 Å². The van der Waals surface area contributed by atoms with Crippen LogP contribution >= 0.6 is 0 Å². The topological polar surface area (TPSA) is 101 Å². The summed E-state index contributed by atoms with van der Waals surface area (Å²) in [4.78, 5) is 37.4. The molecule has 0 radical (unpaired) electrons. The Labute approximate surface area is 180 Å². The van der Waals surface area contributed by atoms with E-state index in [2.05, 4.69) is 15.0 Å². The van der Waals surface area contributed by atoms with Gasteiger partial charge in [0.15, 0.2) is 6.10 Å². The molecule has 1 N–H and O–H groups in total. The fraction of sp³-hybridized carbons (Fsp3) is 0.391. The maximum Gasteiger partial charge on any atom is 0.345 e. The number of carbonyl (C=O) groups excluding carboxylic acids is 1. The van der Waals surface area contributed by atoms with Crippen LogP contribution in [0, 0.1) is 13.8 Å². The minimum Gasteiger partial charge on any atom is -0.442 e. The molecule has 1 unspecified atom stereocenters. The van der Waals surface area contributed by atoms with Crippen molar-refractivity contribution in [3.8, 4) is 0 Å². The molecule has 8 heteroatoms. The van der Waals surface area contributed by atoms with Crippen molar-refractivity contribution in [1.82, 2.24) is 19.9 Å². The number of carbonyl (C=O) groups is 1. The third-order valence-electron chi connectivity index (χ3n) is 5.70. The van der Waals surface area contributed by atoms with E-state index >= 15 is 0 Å². The molecular formula is C23H26N4O4. The number of methoxy groups -OCH3 is 1. The lowest BCUT2D eigenvalue weighted by atomic mass is 10.1. The highest BCUT2D eigenvalue weighted by Crippen LogP contribution is 2.29. The maximum absolute atomic E-state index is 12.8. The molecule has 1 aromatic carbocycles. The molecular weight excluding hydrogens is 396 g/mol. The fourth-order valence-corrected chi connectivity index (χ4v) is 4.06. The molecule has 31 heavy (non-hydrogen) atoms. The van der Waals surface area contributed by atoms with Crippen LogP contribution in [-0.2, 0) is 28.9 Å². The number of nitrogens with zero attached hydrogens (tertiary/aromatic N) is 3. The van der Waals surface area contributed by atoms with Crippen molar-refractivity contribution in [2.75, 3.05) is 13.7 Å². The molecule has 3 heterocycles. The molecule has 1 aliphatic heterocycles. The third-order valence-corrected chi connectivity index (χ3v) is 5.70. The summed E-state index contributed by atoms with van der Waals surface area (Å²) in [6.07, 6.45) is 1.13. The van der Waals surface area contributed by atoms with Gasteiger partial charge in [0, 0.05) is 37.9 Å². The second-order valence-corrected chi connectivity index (χ2v) is 7.74. The SMILES string of the molecule is COC(c1ccccc1)c1nc2c(o1)CCN(C(=O)CCc1c(C)nc(=O)[nH]c1C)C2. The molecule has 8 nitrogen and oxygen atoms in total. The lowest BCUT2D eigenvalue weighted by Gasteiger charge is -2.25. The summed E-state index contributed by atoms with van der Waals surface area (Å²) < 4.78 is 11.6. The molecule has 0 saturated heterocycles. The Kier molecular flexibility index (Phi) is 5.99. The number of ether oxygens (including phenoxy) is 1. The Bertz CT molecular complexity index is 1110. The van der Waals surface area contributed by atoms with Gasteiger partial charge in [-0.2, -0.15) is 4.98 Å². The van der Waals surface area contributed by atoms with E-state index in [9.17, 15) is 9.59 Å². The van der Waals surface area contributed by atoms with Gasteiger partial charge in [-0.3, -0.25) is 4.79 Å². The molecule has 0 bridgehead atoms. The van der Waals surface area contributed by atoms with E-state index in [1.54, 1.807) is 14.0 Å². The highest BCUT2D eigenvalue weighted by Gasteiger charge is 2.28. The lowest BCUT2D eigenvalue weighted by molar-refractivity contribution is -0.132. The van der Waals surface area contributed by atoms with E-state index in [0.717, 1.165) is 28.3 Å². The predicted molar refractivity (Wildman–Crippen MR) is 114 cm³/mol. The summed E-state index contributed by atoms with van der Waals surface area (Å²) in [6, 6.07) is 9.80. The summed E-state index contributed by atoms with van der Waals surface area (Å²) in [7, 11) is 1.63. The van der Waals surface area contributed by atoms with E-state index in [1.165, 1.54) is 0 Å². The highest BCUT2D eigenvalue weighted by molar-refractivity contribution is 5.76. The Balaban J connectivity index is 1.44. The van der Waals surface area contributed by atoms with Gasteiger partial charge in [-0.05, 0) is 31.4 Å². The first-order valence-corrected chi connectivity index (χ1v) is 10.4. The molecule has 1 atom stereocenters. The van der Waals surface area contributed by atoms with E-state index in [4.69, 9.17) is 9.15 Å². The number of amides is 1. The molecule has 1 amide bonds. The van der Waals surface area contributed by atoms with E-state index < -0.39 is 0 Å². The zero-order valence-corrected chi connectivity index (χ0v) is 18.0. The van der Waals surface area contributed by atoms with E-state index in [0.29, 0.717) is 43.9 Å². The zero-order valence-electron chi connectivity index (χ0n) is 18.0. The van der Waals surface area contributed by atoms with Gasteiger partial charge >= 0.3 is 5.69 Å². The fourth-order valence-electron chi connectivity index (χ4n) is 4.06. The first-order chi connectivity index (χ1) is 15.0. The lowest BCUT2D eigenvalue weighted by Crippen LogP contribution is -2.36. The van der Waals surface area contributed by atoms with Gasteiger partial charge in [0.1, 0.15) is 11.5 Å². The van der Waals surface area contributed by atoms with Crippen LogP contribution in [0.4, 0.5) is 0 Å². The van der Waals surface area contributed by atoms with Crippen LogP contribution < -0.4 is 5.69 Å². The van der Waals surface area contributed by atoms with Crippen molar-refractivity contribution in [2.24, 2.45) is 0 Å². The third kappa shape index (κ3) is 4.44. The normalized spacial score (nSPS) is 14.4. The minimum absolute atomic E-state index is 0.0477. The number of rotatable bonds is 6. The monoisotopic (exact) mass is 422 g/mol. The number of nitrogens with one attached hydrogen (secondary N) is 1. The number of oxazole rings is 1. The number of aromatic nitrogens is 3. The summed E-state index contributed by atoms with van der Waals surface area (Å²) in [6.45, 7) is 4.64. The Morgan fingerprint density at radius 2 is 2.03 bits per heavy atom. The van der Waals surface area contributed by atoms with Crippen molar-refractivity contribution in [2.45, 2.75) is 45.8 Å². The Morgan fingerprint density at radius 3 is 2.74 bits per heavy atom. The average molecular weight is 422 g/mol. The number of H-pyrrole nitrogens is 1. The van der Waals surface area contributed by atoms with Gasteiger partial charge in [-0.25, -0.2) is 9.78 Å². The van der Waals surface area contributed by atoms with Gasteiger partial charge < -0.3 is 19.0 Å². The molecule has 0 saturated carbocycles. The Morgan fingerprint density at radius 1 is 1.26 bits per heavy atom. The second kappa shape index (κ2) is 8.85. The van der Waals surface area contributed by atoms with Gasteiger partial charge in [0.2, 0.25) is 11.8 Å². The van der Waals surface area contributed by atoms with Crippen molar-refractivity contribution >= 4 is 5.91 Å². The predicted octanol–water partition coefficient (Wildman–Crippen LogP) is 2.63. The van der Waals surface area contributed by atoms with Crippen LogP contribution in [0.2, 0.25) is 0 Å². The van der Waals surface area contributed by atoms with E-state index in [-0.39, 0.29) is 17.7 Å². The van der Waals surface area contributed by atoms with Crippen LogP contribution in [0.3, 0.4) is 0 Å². The summed E-state index contributed by atoms with van der Waals surface area (Å²) in [5, 5.41) is 0. The van der Waals surface area contributed by atoms with Gasteiger partial charge in [0.25, 0.3) is 0 Å². The molecule has 2 aromatic heterocycles. The molecule has 0 spiro atoms. The zero-order chi connectivity index (χ0) is 22.0. The number of hydrogen-bond acceptors (Lipinski definition) is 6. The molecule has 0 fully saturated rings. The summed E-state index contributed by atoms with van der Waals surface area (Å²) in [5.41, 5.74) is 3.74. The van der Waals surface area contributed by atoms with Crippen LogP contribution in [0.5, 0.6) is 0 Å². The smallest absolute Gasteiger partial charge is 0.345 e. The van der Waals surface area contributed by atoms with Crippen LogP contribution in [-0.4, -0.2) is 39.4 Å². The summed E-state index contributed by atoms with van der Waals surface area (Å²) in [5.74, 6) is 1.37. The van der Waals surface area contributed by atoms with E-state index in [1.807, 2.05) is 42.2 Å². The number of benzene rings is 1. The van der Waals surface area contributed by atoms with Gasteiger partial charge in [-0.1, -0.05) is 30.3 Å². The molecule has 0 aliphatic carbocycles. The molecule has 3 aromatic rings. The van der Waals surface area contributed by atoms with Crippen LogP contribution in [0.1, 0.15) is 52.4 Å². The standard InChI is InChI=1S/C23H26N4O4/c1-14-17(15(2)25-23(29)24-14)9-10-20(28)27-12-11-19-18(13-27)26-22(31-19)21(30-3)16-7-5-4-6-8-16/h4-8,21H,9-13H2,1-3H3,(H,24,25,29). The molecule has 162 valence electrons. The first-order valence-electron chi connectivity index (χ1n) is 10.4. The quantitative estimate of drug-likeness (QED) is 0.655. The Hall–Kier alpha value is -3.26.